The average molecular weight is 487 g/mol. The molecule has 3 rings (SSSR count). The van der Waals surface area contributed by atoms with E-state index in [2.05, 4.69) is 35.9 Å². The van der Waals surface area contributed by atoms with Crippen LogP contribution < -0.4 is 5.32 Å². The zero-order valence-corrected chi connectivity index (χ0v) is 18.0. The number of furan rings is 1. The van der Waals surface area contributed by atoms with Crippen LogP contribution in [0.5, 0.6) is 0 Å². The third kappa shape index (κ3) is 5.27. The molecule has 0 spiro atoms. The molecule has 0 saturated heterocycles. The molecule has 3 aromatic rings. The minimum Gasteiger partial charge on any atom is -0.461 e. The molecule has 10 heteroatoms. The van der Waals surface area contributed by atoms with E-state index in [1.807, 2.05) is 37.9 Å². The van der Waals surface area contributed by atoms with Crippen molar-refractivity contribution in [2.24, 2.45) is 4.99 Å². The Morgan fingerprint density at radius 3 is 2.92 bits per heavy atom. The monoisotopic (exact) mass is 487 g/mol. The van der Waals surface area contributed by atoms with Gasteiger partial charge in [-0.05, 0) is 26.0 Å². The van der Waals surface area contributed by atoms with Crippen molar-refractivity contribution in [2.75, 3.05) is 13.6 Å². The van der Waals surface area contributed by atoms with Crippen molar-refractivity contribution < 1.29 is 4.42 Å². The molecule has 140 valence electrons. The number of aromatic amines is 1. The lowest BCUT2D eigenvalue weighted by molar-refractivity contribution is 0.470. The van der Waals surface area contributed by atoms with Gasteiger partial charge in [0.2, 0.25) is 5.82 Å². The van der Waals surface area contributed by atoms with Gasteiger partial charge in [-0.15, -0.1) is 40.4 Å². The second-order valence-corrected chi connectivity index (χ2v) is 6.53. The van der Waals surface area contributed by atoms with E-state index in [0.717, 1.165) is 23.2 Å². The number of aryl methyl sites for hydroxylation is 1. The van der Waals surface area contributed by atoms with Crippen LogP contribution in [0.2, 0.25) is 0 Å². The molecule has 2 N–H and O–H groups in total. The number of halogens is 1. The molecule has 8 nitrogen and oxygen atoms in total. The number of H-pyrrole nitrogens is 1. The van der Waals surface area contributed by atoms with Gasteiger partial charge in [0.25, 0.3) is 0 Å². The van der Waals surface area contributed by atoms with Gasteiger partial charge in [0.1, 0.15) is 12.4 Å². The van der Waals surface area contributed by atoms with Crippen molar-refractivity contribution in [3.63, 3.8) is 0 Å². The van der Waals surface area contributed by atoms with E-state index in [-0.39, 0.29) is 24.0 Å². The van der Waals surface area contributed by atoms with Gasteiger partial charge in [0.05, 0.1) is 23.5 Å². The minimum atomic E-state index is 0. The number of aromatic nitrogens is 4. The summed E-state index contributed by atoms with van der Waals surface area (Å²) in [5, 5.41) is 13.5. The van der Waals surface area contributed by atoms with Gasteiger partial charge < -0.3 is 14.6 Å². The molecule has 0 aliphatic heterocycles. The molecule has 0 aromatic carbocycles. The summed E-state index contributed by atoms with van der Waals surface area (Å²) in [4.78, 5) is 15.6. The number of hydrogen-bond acceptors (Lipinski definition) is 6. The van der Waals surface area contributed by atoms with Crippen LogP contribution in [0.4, 0.5) is 0 Å². The SMILES string of the molecule is CCNC(=NCc1nc(-c2ccco2)n[nH]1)N(C)Cc1csc(C)n1.I. The van der Waals surface area contributed by atoms with E-state index in [4.69, 9.17) is 4.42 Å². The molecule has 0 fully saturated rings. The molecule has 0 atom stereocenters. The Morgan fingerprint density at radius 1 is 1.42 bits per heavy atom. The Bertz CT molecular complexity index is 827. The van der Waals surface area contributed by atoms with E-state index in [0.29, 0.717) is 30.5 Å². The lowest BCUT2D eigenvalue weighted by Gasteiger charge is -2.20. The maximum atomic E-state index is 5.30. The van der Waals surface area contributed by atoms with Gasteiger partial charge in [-0.25, -0.2) is 15.0 Å². The van der Waals surface area contributed by atoms with Gasteiger partial charge in [-0.2, -0.15) is 0 Å². The first-order valence-electron chi connectivity index (χ1n) is 8.01. The lowest BCUT2D eigenvalue weighted by Crippen LogP contribution is -2.38. The van der Waals surface area contributed by atoms with Crippen LogP contribution in [0.15, 0.2) is 33.2 Å². The number of aliphatic imine (C=N–C) groups is 1. The third-order valence-electron chi connectivity index (χ3n) is 3.41. The smallest absolute Gasteiger partial charge is 0.216 e. The Kier molecular flexibility index (Phi) is 7.57. The van der Waals surface area contributed by atoms with Crippen molar-refractivity contribution in [1.29, 1.82) is 0 Å². The highest BCUT2D eigenvalue weighted by Crippen LogP contribution is 2.14. The number of nitrogens with one attached hydrogen (secondary N) is 2. The van der Waals surface area contributed by atoms with Crippen LogP contribution in [0.25, 0.3) is 11.6 Å². The zero-order chi connectivity index (χ0) is 17.6. The largest absolute Gasteiger partial charge is 0.461 e. The van der Waals surface area contributed by atoms with Crippen LogP contribution in [-0.4, -0.2) is 44.6 Å². The van der Waals surface area contributed by atoms with Gasteiger partial charge in [-0.3, -0.25) is 5.10 Å². The number of hydrogen-bond donors (Lipinski definition) is 2. The first-order chi connectivity index (χ1) is 12.2. The number of rotatable bonds is 6. The Balaban J connectivity index is 0.00000243. The molecule has 26 heavy (non-hydrogen) atoms. The number of thiazole rings is 1. The van der Waals surface area contributed by atoms with Gasteiger partial charge in [0.15, 0.2) is 11.7 Å². The van der Waals surface area contributed by atoms with Crippen LogP contribution in [0.1, 0.15) is 23.4 Å². The first kappa shape index (κ1) is 20.4. The summed E-state index contributed by atoms with van der Waals surface area (Å²) in [6.45, 7) is 5.93. The molecule has 0 saturated carbocycles. The Morgan fingerprint density at radius 2 is 2.27 bits per heavy atom. The molecular weight excluding hydrogens is 465 g/mol. The average Bonchev–Trinajstić information content (AvgIpc) is 3.33. The predicted molar refractivity (Wildman–Crippen MR) is 113 cm³/mol. The number of guanidine groups is 1. The number of nitrogens with zero attached hydrogens (tertiary/aromatic N) is 5. The molecule has 3 heterocycles. The summed E-state index contributed by atoms with van der Waals surface area (Å²) in [7, 11) is 1.99. The van der Waals surface area contributed by atoms with E-state index < -0.39 is 0 Å². The summed E-state index contributed by atoms with van der Waals surface area (Å²) >= 11 is 1.65. The fraction of sp³-hybridized carbons (Fsp3) is 0.375. The van der Waals surface area contributed by atoms with Crippen LogP contribution in [0.3, 0.4) is 0 Å². The summed E-state index contributed by atoms with van der Waals surface area (Å²) in [5.41, 5.74) is 1.04. The van der Waals surface area contributed by atoms with Crippen molar-refractivity contribution in [1.82, 2.24) is 30.4 Å². The van der Waals surface area contributed by atoms with E-state index >= 15 is 0 Å². The summed E-state index contributed by atoms with van der Waals surface area (Å²) < 4.78 is 5.30. The third-order valence-corrected chi connectivity index (χ3v) is 4.24. The Labute approximate surface area is 173 Å². The molecule has 0 aliphatic carbocycles. The molecule has 0 amide bonds. The predicted octanol–water partition coefficient (Wildman–Crippen LogP) is 3.05. The molecule has 0 bridgehead atoms. The van der Waals surface area contributed by atoms with Gasteiger partial charge >= 0.3 is 0 Å². The molecule has 0 aliphatic rings. The zero-order valence-electron chi connectivity index (χ0n) is 14.9. The highest BCUT2D eigenvalue weighted by atomic mass is 127. The van der Waals surface area contributed by atoms with Gasteiger partial charge in [-0.1, -0.05) is 0 Å². The van der Waals surface area contributed by atoms with E-state index in [9.17, 15) is 0 Å². The maximum Gasteiger partial charge on any atom is 0.216 e. The molecule has 3 aromatic heterocycles. The second-order valence-electron chi connectivity index (χ2n) is 5.47. The lowest BCUT2D eigenvalue weighted by atomic mass is 10.4. The van der Waals surface area contributed by atoms with Crippen LogP contribution in [-0.2, 0) is 13.1 Å². The van der Waals surface area contributed by atoms with Crippen molar-refractivity contribution in [2.45, 2.75) is 26.9 Å². The molecule has 0 unspecified atom stereocenters. The standard InChI is InChI=1S/C16H21N7OS.HI/c1-4-17-16(23(3)9-12-10-25-11(2)19-12)18-8-14-20-15(22-21-14)13-6-5-7-24-13;/h5-7,10H,4,8-9H2,1-3H3,(H,17,18)(H,20,21,22);1H. The first-order valence-corrected chi connectivity index (χ1v) is 8.89. The Hall–Kier alpha value is -1.95. The molecule has 0 radical (unpaired) electrons. The van der Waals surface area contributed by atoms with Crippen molar-refractivity contribution in [3.8, 4) is 11.6 Å². The topological polar surface area (TPSA) is 95.2 Å². The van der Waals surface area contributed by atoms with Crippen LogP contribution >= 0.6 is 35.3 Å². The fourth-order valence-corrected chi connectivity index (χ4v) is 2.90. The quantitative estimate of drug-likeness (QED) is 0.315. The normalized spacial score (nSPS) is 11.3. The van der Waals surface area contributed by atoms with E-state index in [1.165, 1.54) is 0 Å². The summed E-state index contributed by atoms with van der Waals surface area (Å²) in [6.07, 6.45) is 1.60. The summed E-state index contributed by atoms with van der Waals surface area (Å²) in [6, 6.07) is 3.63. The van der Waals surface area contributed by atoms with Crippen molar-refractivity contribution in [3.05, 3.63) is 40.3 Å². The highest BCUT2D eigenvalue weighted by Gasteiger charge is 2.11. The fourth-order valence-electron chi connectivity index (χ4n) is 2.30. The van der Waals surface area contributed by atoms with E-state index in [1.54, 1.807) is 17.6 Å². The molecular formula is C16H22IN7OS. The highest BCUT2D eigenvalue weighted by molar-refractivity contribution is 14.0. The minimum absolute atomic E-state index is 0. The summed E-state index contributed by atoms with van der Waals surface area (Å²) in [5.74, 6) is 2.64. The van der Waals surface area contributed by atoms with Crippen LogP contribution in [0, 0.1) is 6.92 Å². The maximum absolute atomic E-state index is 5.30. The van der Waals surface area contributed by atoms with Gasteiger partial charge in [0, 0.05) is 19.0 Å². The second kappa shape index (κ2) is 9.67. The van der Waals surface area contributed by atoms with Crippen molar-refractivity contribution >= 4 is 41.3 Å².